The van der Waals surface area contributed by atoms with E-state index < -0.39 is 6.04 Å². The Morgan fingerprint density at radius 2 is 2.17 bits per heavy atom. The molecule has 6 heteroatoms. The molecule has 0 radical (unpaired) electrons. The van der Waals surface area contributed by atoms with E-state index in [1.165, 1.54) is 0 Å². The molecule has 2 aromatic rings. The van der Waals surface area contributed by atoms with E-state index in [0.717, 1.165) is 21.8 Å². The van der Waals surface area contributed by atoms with Gasteiger partial charge in [0.2, 0.25) is 5.91 Å². The summed E-state index contributed by atoms with van der Waals surface area (Å²) in [5, 5.41) is 4.98. The molecule has 0 saturated heterocycles. The number of amides is 2. The van der Waals surface area contributed by atoms with E-state index in [2.05, 4.69) is 5.32 Å². The Morgan fingerprint density at radius 3 is 2.88 bits per heavy atom. The number of fused-ring (bicyclic) bond motifs is 1. The van der Waals surface area contributed by atoms with Gasteiger partial charge >= 0.3 is 0 Å². The minimum atomic E-state index is -0.419. The zero-order chi connectivity index (χ0) is 16.9. The number of carbonyl (C=O) groups excluding carboxylic acids is 2. The van der Waals surface area contributed by atoms with E-state index >= 15 is 0 Å². The van der Waals surface area contributed by atoms with Gasteiger partial charge in [-0.2, -0.15) is 11.8 Å². The Balaban J connectivity index is 1.72. The molecule has 24 heavy (non-hydrogen) atoms. The molecule has 0 saturated carbocycles. The number of benzene rings is 1. The van der Waals surface area contributed by atoms with E-state index in [9.17, 15) is 9.59 Å². The van der Waals surface area contributed by atoms with Crippen LogP contribution in [0.1, 0.15) is 27.2 Å². The first-order valence-corrected chi connectivity index (χ1v) is 10.2. The van der Waals surface area contributed by atoms with Gasteiger partial charge < -0.3 is 10.2 Å². The lowest BCUT2D eigenvalue weighted by atomic mass is 10.1. The molecule has 1 atom stereocenters. The molecule has 2 amide bonds. The number of thiophene rings is 1. The van der Waals surface area contributed by atoms with Gasteiger partial charge in [0.1, 0.15) is 6.04 Å². The van der Waals surface area contributed by atoms with E-state index in [1.807, 2.05) is 48.0 Å². The first-order valence-electron chi connectivity index (χ1n) is 7.88. The van der Waals surface area contributed by atoms with Crippen molar-refractivity contribution in [3.05, 3.63) is 57.8 Å². The molecule has 126 valence electrons. The predicted octanol–water partition coefficient (Wildman–Crippen LogP) is 3.14. The summed E-state index contributed by atoms with van der Waals surface area (Å²) in [5.41, 5.74) is 1.72. The molecule has 1 N–H and O–H groups in total. The van der Waals surface area contributed by atoms with Gasteiger partial charge in [0.25, 0.3) is 5.91 Å². The molecule has 3 rings (SSSR count). The van der Waals surface area contributed by atoms with Gasteiger partial charge in [-0.1, -0.05) is 24.3 Å². The fourth-order valence-corrected chi connectivity index (χ4v) is 4.00. The highest BCUT2D eigenvalue weighted by Gasteiger charge is 2.35. The Morgan fingerprint density at radius 1 is 1.33 bits per heavy atom. The second-order valence-electron chi connectivity index (χ2n) is 5.68. The van der Waals surface area contributed by atoms with Crippen LogP contribution in [0, 0.1) is 0 Å². The minimum absolute atomic E-state index is 0.0389. The van der Waals surface area contributed by atoms with E-state index in [1.54, 1.807) is 28.0 Å². The third-order valence-corrected chi connectivity index (χ3v) is 5.66. The molecule has 0 bridgehead atoms. The van der Waals surface area contributed by atoms with Crippen molar-refractivity contribution >= 4 is 34.9 Å². The lowest BCUT2D eigenvalue weighted by Gasteiger charge is -2.26. The Bertz CT molecular complexity index is 716. The van der Waals surface area contributed by atoms with E-state index in [4.69, 9.17) is 0 Å². The second kappa shape index (κ2) is 7.85. The number of carbonyl (C=O) groups is 2. The van der Waals surface area contributed by atoms with Gasteiger partial charge in [0.15, 0.2) is 0 Å². The molecule has 4 nitrogen and oxygen atoms in total. The molecule has 1 aliphatic rings. The van der Waals surface area contributed by atoms with Crippen molar-refractivity contribution in [1.82, 2.24) is 10.2 Å². The average Bonchev–Trinajstić information content (AvgIpc) is 3.22. The van der Waals surface area contributed by atoms with Crippen LogP contribution in [-0.2, 0) is 17.9 Å². The van der Waals surface area contributed by atoms with Gasteiger partial charge in [0.05, 0.1) is 6.54 Å². The molecular formula is C18H20N2O2S2. The number of nitrogens with zero attached hydrogens (tertiary/aromatic N) is 1. The topological polar surface area (TPSA) is 49.4 Å². The van der Waals surface area contributed by atoms with Crippen LogP contribution >= 0.6 is 23.1 Å². The third-order valence-electron chi connectivity index (χ3n) is 4.14. The van der Waals surface area contributed by atoms with Gasteiger partial charge in [0, 0.05) is 17.0 Å². The van der Waals surface area contributed by atoms with Crippen molar-refractivity contribution in [3.63, 3.8) is 0 Å². The van der Waals surface area contributed by atoms with Crippen LogP contribution in [0.15, 0.2) is 41.8 Å². The third kappa shape index (κ3) is 3.65. The molecule has 0 unspecified atom stereocenters. The Hall–Kier alpha value is -1.79. The van der Waals surface area contributed by atoms with Crippen molar-refractivity contribution in [3.8, 4) is 0 Å². The molecule has 0 spiro atoms. The Kier molecular flexibility index (Phi) is 5.58. The van der Waals surface area contributed by atoms with Gasteiger partial charge in [-0.3, -0.25) is 9.59 Å². The lowest BCUT2D eigenvalue weighted by molar-refractivity contribution is -0.126. The van der Waals surface area contributed by atoms with Crippen LogP contribution in [0.3, 0.4) is 0 Å². The zero-order valence-corrected chi connectivity index (χ0v) is 15.2. The maximum atomic E-state index is 12.7. The van der Waals surface area contributed by atoms with Crippen molar-refractivity contribution in [2.75, 3.05) is 12.0 Å². The van der Waals surface area contributed by atoms with E-state index in [0.29, 0.717) is 19.5 Å². The average molecular weight is 361 g/mol. The highest BCUT2D eigenvalue weighted by Crippen LogP contribution is 2.26. The van der Waals surface area contributed by atoms with Crippen LogP contribution in [0.5, 0.6) is 0 Å². The van der Waals surface area contributed by atoms with Crippen LogP contribution < -0.4 is 5.32 Å². The molecular weight excluding hydrogens is 340 g/mol. The zero-order valence-electron chi connectivity index (χ0n) is 13.5. The normalized spacial score (nSPS) is 14.5. The summed E-state index contributed by atoms with van der Waals surface area (Å²) in [6.07, 6.45) is 2.68. The summed E-state index contributed by atoms with van der Waals surface area (Å²) in [6.45, 7) is 1.03. The van der Waals surface area contributed by atoms with Crippen molar-refractivity contribution in [2.45, 2.75) is 25.6 Å². The molecule has 1 aliphatic heterocycles. The molecule has 0 aliphatic carbocycles. The second-order valence-corrected chi connectivity index (χ2v) is 7.70. The fraction of sp³-hybridized carbons (Fsp3) is 0.333. The molecule has 1 aromatic carbocycles. The lowest BCUT2D eigenvalue weighted by Crippen LogP contribution is -2.47. The maximum Gasteiger partial charge on any atom is 0.255 e. The summed E-state index contributed by atoms with van der Waals surface area (Å²) in [5.74, 6) is 0.735. The first kappa shape index (κ1) is 17.0. The predicted molar refractivity (Wildman–Crippen MR) is 99.3 cm³/mol. The highest BCUT2D eigenvalue weighted by atomic mass is 32.2. The number of nitrogens with one attached hydrogen (secondary N) is 1. The summed E-state index contributed by atoms with van der Waals surface area (Å²) in [4.78, 5) is 28.2. The minimum Gasteiger partial charge on any atom is -0.349 e. The monoisotopic (exact) mass is 360 g/mol. The standard InChI is InChI=1S/C18H20N2O2S2/c1-23-10-8-16(17(21)19-11-14-6-4-9-24-14)20-12-13-5-2-3-7-15(13)18(20)22/h2-7,9,16H,8,10-12H2,1H3,(H,19,21)/t16-/m1/s1. The van der Waals surface area contributed by atoms with Crippen molar-refractivity contribution < 1.29 is 9.59 Å². The van der Waals surface area contributed by atoms with Crippen LogP contribution in [0.2, 0.25) is 0 Å². The largest absolute Gasteiger partial charge is 0.349 e. The molecule has 1 aromatic heterocycles. The number of rotatable bonds is 7. The van der Waals surface area contributed by atoms with Crippen molar-refractivity contribution in [1.29, 1.82) is 0 Å². The fourth-order valence-electron chi connectivity index (χ4n) is 2.89. The summed E-state index contributed by atoms with van der Waals surface area (Å²) in [7, 11) is 0. The first-order chi connectivity index (χ1) is 11.7. The number of thioether (sulfide) groups is 1. The summed E-state index contributed by atoms with van der Waals surface area (Å²) >= 11 is 3.31. The van der Waals surface area contributed by atoms with Gasteiger partial charge in [-0.05, 0) is 41.5 Å². The van der Waals surface area contributed by atoms with Gasteiger partial charge in [-0.15, -0.1) is 11.3 Å². The highest BCUT2D eigenvalue weighted by molar-refractivity contribution is 7.98. The molecule has 2 heterocycles. The maximum absolute atomic E-state index is 12.7. The summed E-state index contributed by atoms with van der Waals surface area (Å²) < 4.78 is 0. The SMILES string of the molecule is CSCC[C@H](C(=O)NCc1cccs1)N1Cc2ccccc2C1=O. The van der Waals surface area contributed by atoms with Crippen LogP contribution in [0.25, 0.3) is 0 Å². The van der Waals surface area contributed by atoms with Crippen LogP contribution in [-0.4, -0.2) is 34.8 Å². The Labute approximate surface area is 150 Å². The smallest absolute Gasteiger partial charge is 0.255 e. The quantitative estimate of drug-likeness (QED) is 0.825. The number of hydrogen-bond donors (Lipinski definition) is 1. The van der Waals surface area contributed by atoms with Gasteiger partial charge in [-0.25, -0.2) is 0 Å². The van der Waals surface area contributed by atoms with E-state index in [-0.39, 0.29) is 11.8 Å². The number of hydrogen-bond acceptors (Lipinski definition) is 4. The van der Waals surface area contributed by atoms with Crippen LogP contribution in [0.4, 0.5) is 0 Å². The van der Waals surface area contributed by atoms with Crippen molar-refractivity contribution in [2.24, 2.45) is 0 Å². The molecule has 0 fully saturated rings. The summed E-state index contributed by atoms with van der Waals surface area (Å²) in [6, 6.07) is 11.2.